The van der Waals surface area contributed by atoms with Gasteiger partial charge in [0.1, 0.15) is 5.82 Å². The van der Waals surface area contributed by atoms with Gasteiger partial charge in [0.05, 0.1) is 22.7 Å². The van der Waals surface area contributed by atoms with Crippen molar-refractivity contribution in [2.75, 3.05) is 26.2 Å². The summed E-state index contributed by atoms with van der Waals surface area (Å²) in [5.41, 5.74) is 0.327. The van der Waals surface area contributed by atoms with Crippen molar-refractivity contribution in [3.63, 3.8) is 0 Å². The summed E-state index contributed by atoms with van der Waals surface area (Å²) in [5.74, 6) is -4.09. The van der Waals surface area contributed by atoms with Crippen LogP contribution in [0, 0.1) is 5.82 Å². The first kappa shape index (κ1) is 22.9. The zero-order valence-electron chi connectivity index (χ0n) is 17.2. The van der Waals surface area contributed by atoms with E-state index in [1.54, 1.807) is 12.1 Å². The molecule has 0 atom stereocenters. The summed E-state index contributed by atoms with van der Waals surface area (Å²) < 4.78 is 64.7. The van der Waals surface area contributed by atoms with Crippen molar-refractivity contribution in [3.05, 3.63) is 65.7 Å². The summed E-state index contributed by atoms with van der Waals surface area (Å²) in [6, 6.07) is 10.7. The molecular weight excluding hydrogens is 461 g/mol. The van der Waals surface area contributed by atoms with Crippen LogP contribution < -0.4 is 0 Å². The van der Waals surface area contributed by atoms with Crippen molar-refractivity contribution in [2.45, 2.75) is 17.2 Å². The molecule has 0 spiro atoms. The highest BCUT2D eigenvalue weighted by Crippen LogP contribution is 2.24. The summed E-state index contributed by atoms with van der Waals surface area (Å²) in [4.78, 5) is 15.7. The first-order chi connectivity index (χ1) is 15.8. The van der Waals surface area contributed by atoms with Crippen LogP contribution in [0.4, 0.5) is 13.2 Å². The number of hydrogen-bond donors (Lipinski definition) is 0. The van der Waals surface area contributed by atoms with E-state index in [9.17, 15) is 26.4 Å². The predicted molar refractivity (Wildman–Crippen MR) is 110 cm³/mol. The van der Waals surface area contributed by atoms with E-state index in [4.69, 9.17) is 0 Å². The molecule has 0 radical (unpaired) electrons. The van der Waals surface area contributed by atoms with E-state index in [0.717, 1.165) is 6.07 Å². The smallest absolute Gasteiger partial charge is 0.336 e. The van der Waals surface area contributed by atoms with E-state index in [2.05, 4.69) is 15.5 Å². The van der Waals surface area contributed by atoms with Crippen molar-refractivity contribution in [3.8, 4) is 5.69 Å². The molecule has 2 heterocycles. The quantitative estimate of drug-likeness (QED) is 0.530. The highest BCUT2D eigenvalue weighted by Gasteiger charge is 2.33. The lowest BCUT2D eigenvalue weighted by Gasteiger charge is -2.34. The van der Waals surface area contributed by atoms with Crippen molar-refractivity contribution >= 4 is 15.7 Å². The minimum atomic E-state index is -4.91. The Kier molecular flexibility index (Phi) is 6.42. The van der Waals surface area contributed by atoms with Gasteiger partial charge in [0, 0.05) is 26.2 Å². The van der Waals surface area contributed by atoms with Crippen LogP contribution in [-0.4, -0.2) is 76.3 Å². The van der Waals surface area contributed by atoms with Crippen LogP contribution in [0.2, 0.25) is 0 Å². The normalized spacial score (nSPS) is 15.2. The van der Waals surface area contributed by atoms with Gasteiger partial charge in [-0.05, 0) is 46.8 Å². The average molecular weight is 480 g/mol. The second-order valence-electron chi connectivity index (χ2n) is 7.35. The molecule has 1 amide bonds. The summed E-state index contributed by atoms with van der Waals surface area (Å²) in [6.07, 6.45) is 0. The Morgan fingerprint density at radius 3 is 2.33 bits per heavy atom. The Morgan fingerprint density at radius 2 is 1.67 bits per heavy atom. The van der Waals surface area contributed by atoms with Gasteiger partial charge in [-0.3, -0.25) is 9.69 Å². The van der Waals surface area contributed by atoms with Crippen LogP contribution in [-0.2, 0) is 16.4 Å². The summed E-state index contributed by atoms with van der Waals surface area (Å²) in [6.45, 7) is 1.76. The molecule has 13 heteroatoms. The van der Waals surface area contributed by atoms with Gasteiger partial charge in [0.15, 0.2) is 5.82 Å². The second kappa shape index (κ2) is 9.27. The van der Waals surface area contributed by atoms with Crippen LogP contribution in [0.25, 0.3) is 5.69 Å². The lowest BCUT2D eigenvalue weighted by atomic mass is 10.2. The molecule has 3 aromatic rings. The first-order valence-electron chi connectivity index (χ1n) is 9.93. The number of rotatable bonds is 6. The fraction of sp³-hybridized carbons (Fsp3) is 0.300. The topological polar surface area (TPSA) is 101 Å². The number of alkyl halides is 2. The van der Waals surface area contributed by atoms with E-state index < -0.39 is 26.4 Å². The van der Waals surface area contributed by atoms with Crippen LogP contribution in [0.3, 0.4) is 0 Å². The fourth-order valence-corrected chi connectivity index (χ4v) is 4.48. The Balaban J connectivity index is 1.43. The molecule has 2 aromatic carbocycles. The van der Waals surface area contributed by atoms with Gasteiger partial charge in [0.25, 0.3) is 5.91 Å². The monoisotopic (exact) mass is 480 g/mol. The number of piperazine rings is 1. The van der Waals surface area contributed by atoms with E-state index in [0.29, 0.717) is 31.1 Å². The molecule has 4 rings (SSSR count). The van der Waals surface area contributed by atoms with Gasteiger partial charge in [-0.2, -0.15) is 13.5 Å². The van der Waals surface area contributed by atoms with Gasteiger partial charge in [-0.15, -0.1) is 5.10 Å². The summed E-state index contributed by atoms with van der Waals surface area (Å²) in [5, 5.41) is 11.6. The van der Waals surface area contributed by atoms with Crippen LogP contribution in [0.1, 0.15) is 16.2 Å². The fourth-order valence-electron chi connectivity index (χ4n) is 3.55. The Hall–Kier alpha value is -3.32. The Morgan fingerprint density at radius 1 is 1.00 bits per heavy atom. The number of aromatic nitrogens is 4. The van der Waals surface area contributed by atoms with Crippen molar-refractivity contribution < 1.29 is 26.4 Å². The minimum Gasteiger partial charge on any atom is -0.336 e. The molecule has 0 N–H and O–H groups in total. The van der Waals surface area contributed by atoms with Crippen LogP contribution >= 0.6 is 0 Å². The number of benzene rings is 2. The number of carbonyl (C=O) groups excluding carboxylic acids is 1. The minimum absolute atomic E-state index is 0.264. The van der Waals surface area contributed by atoms with Gasteiger partial charge in [-0.25, -0.2) is 12.8 Å². The van der Waals surface area contributed by atoms with Crippen LogP contribution in [0.15, 0.2) is 53.4 Å². The van der Waals surface area contributed by atoms with E-state index in [-0.39, 0.29) is 24.5 Å². The van der Waals surface area contributed by atoms with Gasteiger partial charge in [0.2, 0.25) is 9.84 Å². The molecule has 1 aromatic heterocycles. The molecule has 174 valence electrons. The Bertz CT molecular complexity index is 1240. The van der Waals surface area contributed by atoms with Crippen molar-refractivity contribution in [1.29, 1.82) is 0 Å². The van der Waals surface area contributed by atoms with Crippen molar-refractivity contribution in [1.82, 2.24) is 30.0 Å². The maximum absolute atomic E-state index is 13.2. The van der Waals surface area contributed by atoms with E-state index in [1.807, 2.05) is 4.90 Å². The number of sulfone groups is 1. The average Bonchev–Trinajstić information content (AvgIpc) is 3.27. The lowest BCUT2D eigenvalue weighted by Crippen LogP contribution is -2.48. The Labute approximate surface area is 187 Å². The molecule has 0 unspecified atom stereocenters. The zero-order chi connectivity index (χ0) is 23.6. The molecule has 1 fully saturated rings. The number of tetrazole rings is 1. The van der Waals surface area contributed by atoms with Gasteiger partial charge < -0.3 is 4.90 Å². The standard InChI is InChI=1S/C20H19F3N6O3S/c21-14-5-7-15(8-6-14)29-18(24-25-26-29)13-27-9-11-28(12-10-27)19(30)16-3-1-2-4-17(16)33(31,32)20(22)23/h1-8,20H,9-13H2. The summed E-state index contributed by atoms with van der Waals surface area (Å²) >= 11 is 0. The molecule has 1 aliphatic rings. The number of amides is 1. The number of halogens is 3. The third-order valence-electron chi connectivity index (χ3n) is 5.29. The van der Waals surface area contributed by atoms with Crippen LogP contribution in [0.5, 0.6) is 0 Å². The molecular formula is C20H19F3N6O3S. The molecule has 0 saturated carbocycles. The highest BCUT2D eigenvalue weighted by atomic mass is 32.2. The van der Waals surface area contributed by atoms with E-state index in [1.165, 1.54) is 39.9 Å². The molecule has 9 nitrogen and oxygen atoms in total. The SMILES string of the molecule is O=C(c1ccccc1S(=O)(=O)C(F)F)N1CCN(Cc2nnnn2-c2ccc(F)cc2)CC1. The number of hydrogen-bond acceptors (Lipinski definition) is 7. The van der Waals surface area contributed by atoms with Gasteiger partial charge in [-0.1, -0.05) is 12.1 Å². The maximum Gasteiger partial charge on any atom is 0.341 e. The molecule has 1 saturated heterocycles. The summed E-state index contributed by atoms with van der Waals surface area (Å²) in [7, 11) is -4.91. The molecule has 1 aliphatic heterocycles. The van der Waals surface area contributed by atoms with Gasteiger partial charge >= 0.3 is 5.76 Å². The number of nitrogens with zero attached hydrogens (tertiary/aromatic N) is 6. The highest BCUT2D eigenvalue weighted by molar-refractivity contribution is 7.91. The largest absolute Gasteiger partial charge is 0.341 e. The maximum atomic E-state index is 13.2. The third-order valence-corrected chi connectivity index (χ3v) is 6.73. The lowest BCUT2D eigenvalue weighted by molar-refractivity contribution is 0.0620. The number of carbonyl (C=O) groups is 1. The zero-order valence-corrected chi connectivity index (χ0v) is 18.0. The molecule has 0 bridgehead atoms. The predicted octanol–water partition coefficient (Wildman–Crippen LogP) is 1.76. The molecule has 33 heavy (non-hydrogen) atoms. The third kappa shape index (κ3) is 4.73. The second-order valence-corrected chi connectivity index (χ2v) is 9.24. The molecule has 0 aliphatic carbocycles. The van der Waals surface area contributed by atoms with E-state index >= 15 is 0 Å². The first-order valence-corrected chi connectivity index (χ1v) is 11.5. The van der Waals surface area contributed by atoms with Crippen molar-refractivity contribution in [2.24, 2.45) is 0 Å².